The maximum atomic E-state index is 11.8. The Morgan fingerprint density at radius 3 is 2.50 bits per heavy atom. The summed E-state index contributed by atoms with van der Waals surface area (Å²) in [7, 11) is 0. The summed E-state index contributed by atoms with van der Waals surface area (Å²) in [5.41, 5.74) is 2.92. The van der Waals surface area contributed by atoms with E-state index in [9.17, 15) is 15.0 Å². The van der Waals surface area contributed by atoms with Gasteiger partial charge in [-0.25, -0.2) is 4.79 Å². The number of aromatic hydroxyl groups is 1. The predicted octanol–water partition coefficient (Wildman–Crippen LogP) is 4.59. The molecular weight excluding hydrogens is 330 g/mol. The van der Waals surface area contributed by atoms with E-state index in [4.69, 9.17) is 0 Å². The highest BCUT2D eigenvalue weighted by Crippen LogP contribution is 2.33. The topological polar surface area (TPSA) is 86.6 Å². The molecule has 1 heterocycles. The molecule has 26 heavy (non-hydrogen) atoms. The zero-order valence-corrected chi connectivity index (χ0v) is 15.2. The molecule has 0 aliphatic heterocycles. The molecule has 0 fully saturated rings. The van der Waals surface area contributed by atoms with Crippen LogP contribution in [-0.2, 0) is 0 Å². The van der Waals surface area contributed by atoms with E-state index in [-0.39, 0.29) is 5.88 Å². The van der Waals surface area contributed by atoms with Crippen LogP contribution in [0.2, 0.25) is 0 Å². The number of carbonyl (C=O) groups is 1. The molecule has 1 amide bonds. The zero-order valence-electron chi connectivity index (χ0n) is 15.2. The number of hydrogen-bond donors (Lipinski definition) is 2. The molecule has 0 saturated carbocycles. The number of rotatable bonds is 2. The molecule has 0 saturated heterocycles. The Hall–Kier alpha value is -3.15. The van der Waals surface area contributed by atoms with E-state index in [2.05, 4.69) is 10.2 Å². The van der Waals surface area contributed by atoms with Crippen LogP contribution in [0.3, 0.4) is 0 Å². The Kier molecular flexibility index (Phi) is 4.28. The smallest absolute Gasteiger partial charge is 0.412 e. The lowest BCUT2D eigenvalue weighted by molar-refractivity contribution is 0.195. The molecule has 0 spiro atoms. The van der Waals surface area contributed by atoms with Crippen molar-refractivity contribution in [3.8, 4) is 17.0 Å². The largest absolute Gasteiger partial charge is 0.492 e. The molecule has 2 aromatic carbocycles. The van der Waals surface area contributed by atoms with Crippen LogP contribution in [0.4, 0.5) is 10.5 Å². The fourth-order valence-corrected chi connectivity index (χ4v) is 3.09. The van der Waals surface area contributed by atoms with Gasteiger partial charge in [0.15, 0.2) is 0 Å². The van der Waals surface area contributed by atoms with Crippen molar-refractivity contribution in [1.82, 2.24) is 10.2 Å². The van der Waals surface area contributed by atoms with Crippen LogP contribution in [-0.4, -0.2) is 32.0 Å². The maximum Gasteiger partial charge on any atom is 0.412 e. The first kappa shape index (κ1) is 17.7. The summed E-state index contributed by atoms with van der Waals surface area (Å²) in [5.74, 6) is -0.107. The van der Waals surface area contributed by atoms with Crippen molar-refractivity contribution >= 4 is 22.6 Å². The highest BCUT2D eigenvalue weighted by Gasteiger charge is 2.28. The Morgan fingerprint density at radius 1 is 1.12 bits per heavy atom. The molecule has 0 radical (unpaired) electrons. The number of aromatic nitrogens is 2. The van der Waals surface area contributed by atoms with E-state index in [1.165, 1.54) is 4.90 Å². The second-order valence-corrected chi connectivity index (χ2v) is 7.26. The van der Waals surface area contributed by atoms with E-state index in [0.717, 1.165) is 22.1 Å². The SMILES string of the molecule is Cc1ccc(N(C(=O)O)C(C)(C)C)cc1-c1ccc2c(O)nncc2c1. The lowest BCUT2D eigenvalue weighted by Gasteiger charge is -2.33. The van der Waals surface area contributed by atoms with E-state index in [1.807, 2.05) is 58.0 Å². The van der Waals surface area contributed by atoms with Gasteiger partial charge in [0.25, 0.3) is 0 Å². The van der Waals surface area contributed by atoms with Gasteiger partial charge in [-0.3, -0.25) is 4.90 Å². The van der Waals surface area contributed by atoms with Gasteiger partial charge in [-0.15, -0.1) is 5.10 Å². The van der Waals surface area contributed by atoms with Crippen molar-refractivity contribution in [1.29, 1.82) is 0 Å². The first-order chi connectivity index (χ1) is 12.2. The molecule has 1 aromatic heterocycles. The highest BCUT2D eigenvalue weighted by atomic mass is 16.4. The van der Waals surface area contributed by atoms with Gasteiger partial charge in [0.1, 0.15) is 0 Å². The number of aryl methyl sites for hydroxylation is 1. The number of anilines is 1. The molecule has 0 aliphatic rings. The highest BCUT2D eigenvalue weighted by molar-refractivity contribution is 5.92. The number of amides is 1. The Balaban J connectivity index is 2.15. The van der Waals surface area contributed by atoms with Crippen LogP contribution < -0.4 is 4.90 Å². The van der Waals surface area contributed by atoms with Gasteiger partial charge >= 0.3 is 6.09 Å². The van der Waals surface area contributed by atoms with Gasteiger partial charge in [-0.05, 0) is 68.7 Å². The third kappa shape index (κ3) is 3.18. The summed E-state index contributed by atoms with van der Waals surface area (Å²) < 4.78 is 0. The number of nitrogens with zero attached hydrogens (tertiary/aromatic N) is 3. The maximum absolute atomic E-state index is 11.8. The Labute approximate surface area is 151 Å². The summed E-state index contributed by atoms with van der Waals surface area (Å²) in [4.78, 5) is 13.1. The van der Waals surface area contributed by atoms with Crippen molar-refractivity contribution in [2.75, 3.05) is 4.90 Å². The Bertz CT molecular complexity index is 993. The van der Waals surface area contributed by atoms with Crippen LogP contribution >= 0.6 is 0 Å². The first-order valence-electron chi connectivity index (χ1n) is 8.27. The van der Waals surface area contributed by atoms with Crippen molar-refractivity contribution in [2.45, 2.75) is 33.2 Å². The van der Waals surface area contributed by atoms with E-state index in [1.54, 1.807) is 12.3 Å². The average molecular weight is 351 g/mol. The van der Waals surface area contributed by atoms with Crippen LogP contribution in [0.1, 0.15) is 26.3 Å². The van der Waals surface area contributed by atoms with Gasteiger partial charge in [0, 0.05) is 22.0 Å². The zero-order chi connectivity index (χ0) is 19.1. The number of carboxylic acid groups (broad SMARTS) is 1. The van der Waals surface area contributed by atoms with Gasteiger partial charge in [-0.2, -0.15) is 5.10 Å². The lowest BCUT2D eigenvalue weighted by Crippen LogP contribution is -2.45. The molecule has 2 N–H and O–H groups in total. The van der Waals surface area contributed by atoms with E-state index < -0.39 is 11.6 Å². The van der Waals surface area contributed by atoms with E-state index in [0.29, 0.717) is 11.1 Å². The third-order valence-corrected chi connectivity index (χ3v) is 4.29. The van der Waals surface area contributed by atoms with Crippen LogP contribution in [0, 0.1) is 6.92 Å². The Morgan fingerprint density at radius 2 is 1.85 bits per heavy atom. The molecule has 0 aliphatic carbocycles. The normalized spacial score (nSPS) is 11.5. The van der Waals surface area contributed by atoms with Crippen LogP contribution in [0.5, 0.6) is 5.88 Å². The molecule has 134 valence electrons. The minimum atomic E-state index is -0.994. The molecule has 3 aromatic rings. The second-order valence-electron chi connectivity index (χ2n) is 7.26. The van der Waals surface area contributed by atoms with Gasteiger partial charge in [0.05, 0.1) is 6.20 Å². The molecular formula is C20H21N3O3. The summed E-state index contributed by atoms with van der Waals surface area (Å²) >= 11 is 0. The average Bonchev–Trinajstić information content (AvgIpc) is 2.55. The monoisotopic (exact) mass is 351 g/mol. The summed E-state index contributed by atoms with van der Waals surface area (Å²) in [6.07, 6.45) is 0.599. The first-order valence-corrected chi connectivity index (χ1v) is 8.27. The van der Waals surface area contributed by atoms with Crippen LogP contribution in [0.25, 0.3) is 21.9 Å². The van der Waals surface area contributed by atoms with Gasteiger partial charge < -0.3 is 10.2 Å². The second kappa shape index (κ2) is 6.29. The summed E-state index contributed by atoms with van der Waals surface area (Å²) in [5, 5.41) is 28.3. The fourth-order valence-electron chi connectivity index (χ4n) is 3.09. The van der Waals surface area contributed by atoms with Crippen molar-refractivity contribution in [3.63, 3.8) is 0 Å². The van der Waals surface area contributed by atoms with Crippen LogP contribution in [0.15, 0.2) is 42.6 Å². The van der Waals surface area contributed by atoms with Crippen molar-refractivity contribution in [2.24, 2.45) is 0 Å². The van der Waals surface area contributed by atoms with Gasteiger partial charge in [0.2, 0.25) is 5.88 Å². The van der Waals surface area contributed by atoms with E-state index >= 15 is 0 Å². The molecule has 3 rings (SSSR count). The van der Waals surface area contributed by atoms with Crippen molar-refractivity contribution < 1.29 is 15.0 Å². The molecule has 6 heteroatoms. The summed E-state index contributed by atoms with van der Waals surface area (Å²) in [6, 6.07) is 11.2. The quantitative estimate of drug-likeness (QED) is 0.705. The minimum Gasteiger partial charge on any atom is -0.492 e. The summed E-state index contributed by atoms with van der Waals surface area (Å²) in [6.45, 7) is 7.56. The molecule has 0 bridgehead atoms. The number of fused-ring (bicyclic) bond motifs is 1. The van der Waals surface area contributed by atoms with Gasteiger partial charge in [-0.1, -0.05) is 12.1 Å². The number of hydrogen-bond acceptors (Lipinski definition) is 4. The lowest BCUT2D eigenvalue weighted by atomic mass is 9.96. The minimum absolute atomic E-state index is 0.107. The standard InChI is InChI=1S/C20H21N3O3/c1-12-5-7-15(23(19(25)26)20(2,3)4)10-17(12)13-6-8-16-14(9-13)11-21-22-18(16)24/h5-11H,1-4H3,(H,22,24)(H,25,26). The number of benzene rings is 2. The third-order valence-electron chi connectivity index (χ3n) is 4.29. The van der Waals surface area contributed by atoms with Crippen molar-refractivity contribution in [3.05, 3.63) is 48.2 Å². The predicted molar refractivity (Wildman–Crippen MR) is 102 cm³/mol. The molecule has 6 nitrogen and oxygen atoms in total. The molecule has 0 unspecified atom stereocenters. The fraction of sp³-hybridized carbons (Fsp3) is 0.250. The molecule has 0 atom stereocenters.